The zero-order valence-corrected chi connectivity index (χ0v) is 13.2. The summed E-state index contributed by atoms with van der Waals surface area (Å²) in [5, 5.41) is 0. The number of rotatable bonds is 2. The highest BCUT2D eigenvalue weighted by Gasteiger charge is 2.26. The van der Waals surface area contributed by atoms with Crippen LogP contribution in [0, 0.1) is 6.92 Å². The third-order valence-corrected chi connectivity index (χ3v) is 4.10. The zero-order chi connectivity index (χ0) is 14.0. The maximum Gasteiger partial charge on any atom is 0.131 e. The van der Waals surface area contributed by atoms with Crippen LogP contribution in [0.5, 0.6) is 0 Å². The fourth-order valence-corrected chi connectivity index (χ4v) is 2.77. The van der Waals surface area contributed by atoms with Gasteiger partial charge in [0.05, 0.1) is 0 Å². The average molecular weight is 282 g/mol. The standard InChI is InChI=1S/C15H24ClN3/c1-12-9-13(10-16)11-17-14(12)18-5-7-19(8-6-18)15(2,3)4/h9,11H,5-8,10H2,1-4H3. The Morgan fingerprint density at radius 1 is 1.21 bits per heavy atom. The lowest BCUT2D eigenvalue weighted by molar-refractivity contribution is 0.128. The molecule has 0 saturated carbocycles. The van der Waals surface area contributed by atoms with E-state index in [-0.39, 0.29) is 5.54 Å². The van der Waals surface area contributed by atoms with E-state index in [1.54, 1.807) is 0 Å². The van der Waals surface area contributed by atoms with E-state index in [2.05, 4.69) is 48.5 Å². The van der Waals surface area contributed by atoms with Crippen LogP contribution in [0.2, 0.25) is 0 Å². The molecule has 0 radical (unpaired) electrons. The Morgan fingerprint density at radius 3 is 2.32 bits per heavy atom. The largest absolute Gasteiger partial charge is 0.354 e. The average Bonchev–Trinajstić information content (AvgIpc) is 2.37. The summed E-state index contributed by atoms with van der Waals surface area (Å²) in [4.78, 5) is 9.50. The van der Waals surface area contributed by atoms with Gasteiger partial charge in [0.2, 0.25) is 0 Å². The second-order valence-corrected chi connectivity index (χ2v) is 6.53. The van der Waals surface area contributed by atoms with Crippen molar-refractivity contribution in [2.45, 2.75) is 39.1 Å². The van der Waals surface area contributed by atoms with Gasteiger partial charge in [0.1, 0.15) is 5.82 Å². The summed E-state index contributed by atoms with van der Waals surface area (Å²) >= 11 is 5.85. The number of piperazine rings is 1. The van der Waals surface area contributed by atoms with Gasteiger partial charge in [0.25, 0.3) is 0 Å². The van der Waals surface area contributed by atoms with E-state index >= 15 is 0 Å². The van der Waals surface area contributed by atoms with E-state index < -0.39 is 0 Å². The molecule has 1 aromatic heterocycles. The molecule has 0 bridgehead atoms. The predicted molar refractivity (Wildman–Crippen MR) is 82.1 cm³/mol. The molecular weight excluding hydrogens is 258 g/mol. The lowest BCUT2D eigenvalue weighted by Gasteiger charge is -2.42. The molecule has 1 aliphatic heterocycles. The van der Waals surface area contributed by atoms with Crippen molar-refractivity contribution in [3.05, 3.63) is 23.4 Å². The van der Waals surface area contributed by atoms with Gasteiger partial charge in [-0.2, -0.15) is 0 Å². The van der Waals surface area contributed by atoms with Crippen LogP contribution in [0.3, 0.4) is 0 Å². The number of aryl methyl sites for hydroxylation is 1. The van der Waals surface area contributed by atoms with Crippen LogP contribution in [0.4, 0.5) is 5.82 Å². The van der Waals surface area contributed by atoms with Crippen LogP contribution >= 0.6 is 11.6 Å². The van der Waals surface area contributed by atoms with Crippen molar-refractivity contribution in [3.8, 4) is 0 Å². The number of hydrogen-bond donors (Lipinski definition) is 0. The molecule has 0 N–H and O–H groups in total. The molecule has 1 fully saturated rings. The Morgan fingerprint density at radius 2 is 1.84 bits per heavy atom. The molecular formula is C15H24ClN3. The molecule has 1 aromatic rings. The van der Waals surface area contributed by atoms with E-state index in [0.717, 1.165) is 37.6 Å². The Hall–Kier alpha value is -0.800. The summed E-state index contributed by atoms with van der Waals surface area (Å²) < 4.78 is 0. The van der Waals surface area contributed by atoms with Crippen molar-refractivity contribution in [2.75, 3.05) is 31.1 Å². The van der Waals surface area contributed by atoms with Crippen molar-refractivity contribution in [2.24, 2.45) is 0 Å². The fourth-order valence-electron chi connectivity index (χ4n) is 2.62. The summed E-state index contributed by atoms with van der Waals surface area (Å²) in [6.07, 6.45) is 1.89. The molecule has 106 valence electrons. The van der Waals surface area contributed by atoms with Gasteiger partial charge < -0.3 is 4.90 Å². The summed E-state index contributed by atoms with van der Waals surface area (Å²) in [6, 6.07) is 2.14. The van der Waals surface area contributed by atoms with Crippen molar-refractivity contribution in [1.29, 1.82) is 0 Å². The van der Waals surface area contributed by atoms with Crippen molar-refractivity contribution in [1.82, 2.24) is 9.88 Å². The second kappa shape index (κ2) is 5.68. The number of alkyl halides is 1. The van der Waals surface area contributed by atoms with Crippen molar-refractivity contribution < 1.29 is 0 Å². The Bertz CT molecular complexity index is 432. The Kier molecular flexibility index (Phi) is 4.36. The van der Waals surface area contributed by atoms with Gasteiger partial charge in [0.15, 0.2) is 0 Å². The molecule has 0 amide bonds. The highest BCUT2D eigenvalue weighted by atomic mass is 35.5. The first kappa shape index (κ1) is 14.6. The van der Waals surface area contributed by atoms with Crippen LogP contribution in [0.1, 0.15) is 31.9 Å². The van der Waals surface area contributed by atoms with E-state index in [9.17, 15) is 0 Å². The highest BCUT2D eigenvalue weighted by Crippen LogP contribution is 2.22. The van der Waals surface area contributed by atoms with Crippen LogP contribution in [0.25, 0.3) is 0 Å². The molecule has 3 nitrogen and oxygen atoms in total. The Balaban J connectivity index is 2.06. The highest BCUT2D eigenvalue weighted by molar-refractivity contribution is 6.17. The second-order valence-electron chi connectivity index (χ2n) is 6.26. The number of hydrogen-bond acceptors (Lipinski definition) is 3. The number of aromatic nitrogens is 1. The quantitative estimate of drug-likeness (QED) is 0.777. The van der Waals surface area contributed by atoms with Gasteiger partial charge >= 0.3 is 0 Å². The first-order valence-electron chi connectivity index (χ1n) is 6.93. The Labute approximate surface area is 121 Å². The number of pyridine rings is 1. The zero-order valence-electron chi connectivity index (χ0n) is 12.4. The summed E-state index contributed by atoms with van der Waals surface area (Å²) in [5.41, 5.74) is 2.58. The summed E-state index contributed by atoms with van der Waals surface area (Å²) in [7, 11) is 0. The van der Waals surface area contributed by atoms with Crippen LogP contribution < -0.4 is 4.90 Å². The van der Waals surface area contributed by atoms with Crippen molar-refractivity contribution in [3.63, 3.8) is 0 Å². The van der Waals surface area contributed by atoms with Crippen LogP contribution in [-0.4, -0.2) is 41.6 Å². The minimum atomic E-state index is 0.261. The van der Waals surface area contributed by atoms with Gasteiger partial charge in [-0.15, -0.1) is 11.6 Å². The lowest BCUT2D eigenvalue weighted by Crippen LogP contribution is -2.53. The van der Waals surface area contributed by atoms with E-state index in [4.69, 9.17) is 11.6 Å². The first-order valence-corrected chi connectivity index (χ1v) is 7.47. The molecule has 1 saturated heterocycles. The molecule has 0 spiro atoms. The van der Waals surface area contributed by atoms with Crippen LogP contribution in [0.15, 0.2) is 12.3 Å². The lowest BCUT2D eigenvalue weighted by atomic mass is 10.0. The number of anilines is 1. The molecule has 4 heteroatoms. The third-order valence-electron chi connectivity index (χ3n) is 3.79. The molecule has 1 aliphatic rings. The van der Waals surface area contributed by atoms with E-state index in [0.29, 0.717) is 5.88 Å². The van der Waals surface area contributed by atoms with E-state index in [1.807, 2.05) is 6.20 Å². The van der Waals surface area contributed by atoms with Gasteiger partial charge in [-0.3, -0.25) is 4.90 Å². The monoisotopic (exact) mass is 281 g/mol. The van der Waals surface area contributed by atoms with E-state index in [1.165, 1.54) is 5.56 Å². The molecule has 0 aliphatic carbocycles. The minimum Gasteiger partial charge on any atom is -0.354 e. The van der Waals surface area contributed by atoms with Crippen molar-refractivity contribution >= 4 is 17.4 Å². The van der Waals surface area contributed by atoms with Gasteiger partial charge in [-0.25, -0.2) is 4.98 Å². The number of nitrogens with zero attached hydrogens (tertiary/aromatic N) is 3. The van der Waals surface area contributed by atoms with Crippen LogP contribution in [-0.2, 0) is 5.88 Å². The summed E-state index contributed by atoms with van der Waals surface area (Å²) in [5.74, 6) is 1.65. The molecule has 19 heavy (non-hydrogen) atoms. The molecule has 0 unspecified atom stereocenters. The SMILES string of the molecule is Cc1cc(CCl)cnc1N1CCN(C(C)(C)C)CC1. The smallest absolute Gasteiger partial charge is 0.131 e. The molecule has 2 rings (SSSR count). The maximum atomic E-state index is 5.85. The minimum absolute atomic E-state index is 0.261. The molecule has 2 heterocycles. The first-order chi connectivity index (χ1) is 8.91. The van der Waals surface area contributed by atoms with Gasteiger partial charge in [0, 0.05) is 43.8 Å². The van der Waals surface area contributed by atoms with Gasteiger partial charge in [-0.05, 0) is 44.9 Å². The summed E-state index contributed by atoms with van der Waals surface area (Å²) in [6.45, 7) is 13.2. The number of halogens is 1. The maximum absolute atomic E-state index is 5.85. The predicted octanol–water partition coefficient (Wildman–Crippen LogP) is 3.05. The topological polar surface area (TPSA) is 19.4 Å². The van der Waals surface area contributed by atoms with Gasteiger partial charge in [-0.1, -0.05) is 0 Å². The molecule has 0 aromatic carbocycles. The normalized spacial score (nSPS) is 17.8. The fraction of sp³-hybridized carbons (Fsp3) is 0.667. The molecule has 0 atom stereocenters. The third kappa shape index (κ3) is 3.40.